The first-order valence-electron chi connectivity index (χ1n) is 7.06. The summed E-state index contributed by atoms with van der Waals surface area (Å²) in [6.07, 6.45) is 7.45. The molecular formula is C14H23NO5. The van der Waals surface area contributed by atoms with Crippen molar-refractivity contribution in [2.45, 2.75) is 44.6 Å². The summed E-state index contributed by atoms with van der Waals surface area (Å²) < 4.78 is 4.54. The Kier molecular flexibility index (Phi) is 7.22. The fourth-order valence-corrected chi connectivity index (χ4v) is 2.73. The zero-order chi connectivity index (χ0) is 15.0. The SMILES string of the molecule is COC(=O)CCC/C=C/CC1C(O)CCC1C[N+](=O)[O-]. The molecule has 6 nitrogen and oxygen atoms in total. The van der Waals surface area contributed by atoms with Gasteiger partial charge in [0, 0.05) is 17.3 Å². The first kappa shape index (κ1) is 16.6. The smallest absolute Gasteiger partial charge is 0.305 e. The monoisotopic (exact) mass is 285 g/mol. The van der Waals surface area contributed by atoms with E-state index in [-0.39, 0.29) is 29.3 Å². The standard InChI is InChI=1S/C14H23NO5/c1-20-14(17)7-5-3-2-4-6-12-11(10-15(18)19)8-9-13(12)16/h2,4,11-13,16H,3,5-10H2,1H3/b4-2+. The van der Waals surface area contributed by atoms with E-state index in [1.807, 2.05) is 12.2 Å². The summed E-state index contributed by atoms with van der Waals surface area (Å²) in [4.78, 5) is 21.2. The second-order valence-electron chi connectivity index (χ2n) is 5.26. The molecule has 1 aliphatic rings. The van der Waals surface area contributed by atoms with E-state index >= 15 is 0 Å². The molecule has 0 heterocycles. The molecule has 3 atom stereocenters. The molecular weight excluding hydrogens is 262 g/mol. The van der Waals surface area contributed by atoms with Crippen LogP contribution in [0.3, 0.4) is 0 Å². The van der Waals surface area contributed by atoms with E-state index in [4.69, 9.17) is 0 Å². The molecule has 0 saturated heterocycles. The molecule has 1 N–H and O–H groups in total. The summed E-state index contributed by atoms with van der Waals surface area (Å²) in [5.41, 5.74) is 0. The van der Waals surface area contributed by atoms with Crippen LogP contribution in [0.2, 0.25) is 0 Å². The van der Waals surface area contributed by atoms with Crippen LogP contribution in [-0.2, 0) is 9.53 Å². The highest BCUT2D eigenvalue weighted by atomic mass is 16.6. The van der Waals surface area contributed by atoms with Crippen molar-refractivity contribution in [2.24, 2.45) is 11.8 Å². The first-order valence-corrected chi connectivity index (χ1v) is 7.06. The molecule has 1 aliphatic carbocycles. The average molecular weight is 285 g/mol. The Morgan fingerprint density at radius 3 is 2.85 bits per heavy atom. The van der Waals surface area contributed by atoms with Crippen LogP contribution in [0.4, 0.5) is 0 Å². The maximum Gasteiger partial charge on any atom is 0.305 e. The number of hydrogen-bond acceptors (Lipinski definition) is 5. The summed E-state index contributed by atoms with van der Waals surface area (Å²) >= 11 is 0. The Morgan fingerprint density at radius 2 is 2.20 bits per heavy atom. The molecule has 1 fully saturated rings. The molecule has 1 rings (SSSR count). The predicted octanol–water partition coefficient (Wildman–Crippen LogP) is 1.94. The van der Waals surface area contributed by atoms with Gasteiger partial charge in [0.15, 0.2) is 0 Å². The number of nitrogens with zero attached hydrogens (tertiary/aromatic N) is 1. The number of ether oxygens (including phenoxy) is 1. The summed E-state index contributed by atoms with van der Waals surface area (Å²) in [5, 5.41) is 20.4. The van der Waals surface area contributed by atoms with Crippen LogP contribution in [-0.4, -0.2) is 35.8 Å². The van der Waals surface area contributed by atoms with Gasteiger partial charge in [0.2, 0.25) is 6.54 Å². The molecule has 114 valence electrons. The minimum Gasteiger partial charge on any atom is -0.469 e. The Balaban J connectivity index is 2.27. The van der Waals surface area contributed by atoms with Crippen LogP contribution >= 0.6 is 0 Å². The molecule has 0 amide bonds. The Bertz CT molecular complexity index is 355. The Hall–Kier alpha value is -1.43. The van der Waals surface area contributed by atoms with Gasteiger partial charge in [-0.2, -0.15) is 0 Å². The van der Waals surface area contributed by atoms with Crippen molar-refractivity contribution in [3.05, 3.63) is 22.3 Å². The molecule has 0 aromatic rings. The van der Waals surface area contributed by atoms with Crippen LogP contribution in [0.5, 0.6) is 0 Å². The molecule has 0 radical (unpaired) electrons. The quantitative estimate of drug-likeness (QED) is 0.242. The Morgan fingerprint density at radius 1 is 1.45 bits per heavy atom. The largest absolute Gasteiger partial charge is 0.469 e. The molecule has 0 aromatic carbocycles. The van der Waals surface area contributed by atoms with Crippen molar-refractivity contribution in [2.75, 3.05) is 13.7 Å². The maximum absolute atomic E-state index is 10.9. The maximum atomic E-state index is 10.9. The van der Waals surface area contributed by atoms with Gasteiger partial charge in [-0.25, -0.2) is 0 Å². The minimum atomic E-state index is -0.431. The number of aliphatic hydroxyl groups is 1. The van der Waals surface area contributed by atoms with Crippen LogP contribution in [0.1, 0.15) is 38.5 Å². The van der Waals surface area contributed by atoms with E-state index in [9.17, 15) is 20.0 Å². The average Bonchev–Trinajstić information content (AvgIpc) is 2.74. The van der Waals surface area contributed by atoms with Gasteiger partial charge in [0.1, 0.15) is 0 Å². The zero-order valence-corrected chi connectivity index (χ0v) is 11.9. The van der Waals surface area contributed by atoms with E-state index in [2.05, 4.69) is 4.74 Å². The topological polar surface area (TPSA) is 89.7 Å². The fourth-order valence-electron chi connectivity index (χ4n) is 2.73. The van der Waals surface area contributed by atoms with E-state index in [1.54, 1.807) is 0 Å². The number of esters is 1. The molecule has 6 heteroatoms. The van der Waals surface area contributed by atoms with Gasteiger partial charge in [0.25, 0.3) is 0 Å². The fraction of sp³-hybridized carbons (Fsp3) is 0.786. The third-order valence-electron chi connectivity index (χ3n) is 3.87. The number of nitro groups is 1. The second-order valence-corrected chi connectivity index (χ2v) is 5.26. The van der Waals surface area contributed by atoms with Gasteiger partial charge in [-0.15, -0.1) is 0 Å². The molecule has 1 saturated carbocycles. The van der Waals surface area contributed by atoms with Gasteiger partial charge in [-0.05, 0) is 38.0 Å². The van der Waals surface area contributed by atoms with E-state index in [0.717, 1.165) is 19.3 Å². The van der Waals surface area contributed by atoms with E-state index in [1.165, 1.54) is 7.11 Å². The van der Waals surface area contributed by atoms with Crippen LogP contribution < -0.4 is 0 Å². The lowest BCUT2D eigenvalue weighted by molar-refractivity contribution is -0.489. The Labute approximate surface area is 119 Å². The molecule has 0 bridgehead atoms. The number of carbonyl (C=O) groups is 1. The van der Waals surface area contributed by atoms with Gasteiger partial charge < -0.3 is 9.84 Å². The highest BCUT2D eigenvalue weighted by Crippen LogP contribution is 2.34. The van der Waals surface area contributed by atoms with Crippen molar-refractivity contribution in [1.82, 2.24) is 0 Å². The molecule has 0 aliphatic heterocycles. The number of aliphatic hydroxyl groups excluding tert-OH is 1. The van der Waals surface area contributed by atoms with Crippen molar-refractivity contribution in [3.8, 4) is 0 Å². The number of methoxy groups -OCH3 is 1. The van der Waals surface area contributed by atoms with E-state index < -0.39 is 6.10 Å². The number of rotatable bonds is 8. The molecule has 3 unspecified atom stereocenters. The minimum absolute atomic E-state index is 0.0164. The van der Waals surface area contributed by atoms with Gasteiger partial charge >= 0.3 is 5.97 Å². The highest BCUT2D eigenvalue weighted by Gasteiger charge is 2.36. The zero-order valence-electron chi connectivity index (χ0n) is 11.9. The number of allylic oxidation sites excluding steroid dienone is 2. The third kappa shape index (κ3) is 5.69. The summed E-state index contributed by atoms with van der Waals surface area (Å²) in [5.74, 6) is -0.257. The lowest BCUT2D eigenvalue weighted by Crippen LogP contribution is -2.23. The summed E-state index contributed by atoms with van der Waals surface area (Å²) in [7, 11) is 1.37. The van der Waals surface area contributed by atoms with Crippen LogP contribution in [0, 0.1) is 22.0 Å². The van der Waals surface area contributed by atoms with Crippen molar-refractivity contribution in [1.29, 1.82) is 0 Å². The van der Waals surface area contributed by atoms with Crippen molar-refractivity contribution < 1.29 is 19.6 Å². The van der Waals surface area contributed by atoms with Gasteiger partial charge in [-0.3, -0.25) is 14.9 Å². The summed E-state index contributed by atoms with van der Waals surface area (Å²) in [6.45, 7) is -0.0576. The molecule has 0 aromatic heterocycles. The van der Waals surface area contributed by atoms with Crippen molar-refractivity contribution >= 4 is 5.97 Å². The molecule has 0 spiro atoms. The first-order chi connectivity index (χ1) is 9.54. The molecule has 20 heavy (non-hydrogen) atoms. The van der Waals surface area contributed by atoms with Crippen LogP contribution in [0.25, 0.3) is 0 Å². The van der Waals surface area contributed by atoms with E-state index in [0.29, 0.717) is 19.3 Å². The van der Waals surface area contributed by atoms with Crippen molar-refractivity contribution in [3.63, 3.8) is 0 Å². The number of carbonyl (C=O) groups excluding carboxylic acids is 1. The van der Waals surface area contributed by atoms with Gasteiger partial charge in [0.05, 0.1) is 13.2 Å². The van der Waals surface area contributed by atoms with Crippen LogP contribution in [0.15, 0.2) is 12.2 Å². The number of hydrogen-bond donors (Lipinski definition) is 1. The predicted molar refractivity (Wildman–Crippen MR) is 73.7 cm³/mol. The highest BCUT2D eigenvalue weighted by molar-refractivity contribution is 5.68. The normalized spacial score (nSPS) is 26.0. The lowest BCUT2D eigenvalue weighted by Gasteiger charge is -2.17. The van der Waals surface area contributed by atoms with Gasteiger partial charge in [-0.1, -0.05) is 12.2 Å². The second kappa shape index (κ2) is 8.68. The summed E-state index contributed by atoms with van der Waals surface area (Å²) in [6, 6.07) is 0. The third-order valence-corrected chi connectivity index (χ3v) is 3.87. The lowest BCUT2D eigenvalue weighted by atomic mass is 9.91. The number of unbranched alkanes of at least 4 members (excludes halogenated alkanes) is 1.